The van der Waals surface area contributed by atoms with Gasteiger partial charge >= 0.3 is 0 Å². The molecule has 98 valence electrons. The summed E-state index contributed by atoms with van der Waals surface area (Å²) in [4.78, 5) is 8.76. The van der Waals surface area contributed by atoms with Gasteiger partial charge in [-0.15, -0.1) is 12.3 Å². The molecule has 4 heteroatoms. The molecule has 0 spiro atoms. The Labute approximate surface area is 114 Å². The van der Waals surface area contributed by atoms with Crippen molar-refractivity contribution in [2.24, 2.45) is 0 Å². The average molecular weight is 266 g/mol. The van der Waals surface area contributed by atoms with Crippen LogP contribution in [0.25, 0.3) is 0 Å². The van der Waals surface area contributed by atoms with Gasteiger partial charge in [0, 0.05) is 23.9 Å². The second-order valence-electron chi connectivity index (χ2n) is 5.31. The number of anilines is 1. The van der Waals surface area contributed by atoms with E-state index in [0.717, 1.165) is 18.1 Å². The second-order valence-corrected chi connectivity index (χ2v) is 5.69. The van der Waals surface area contributed by atoms with Crippen molar-refractivity contribution < 1.29 is 0 Å². The number of nitrogens with one attached hydrogen (secondary N) is 1. The molecule has 0 aliphatic rings. The Balaban J connectivity index is 2.97. The summed E-state index contributed by atoms with van der Waals surface area (Å²) >= 11 is 6.03. The summed E-state index contributed by atoms with van der Waals surface area (Å²) in [5.74, 6) is 4.13. The number of nitrogens with zero attached hydrogens (tertiary/aromatic N) is 2. The maximum Gasteiger partial charge on any atom is 0.137 e. The molecule has 0 radical (unpaired) electrons. The van der Waals surface area contributed by atoms with Gasteiger partial charge in [-0.1, -0.05) is 39.3 Å². The van der Waals surface area contributed by atoms with Gasteiger partial charge in [-0.25, -0.2) is 9.97 Å². The maximum absolute atomic E-state index is 6.03. The highest BCUT2D eigenvalue weighted by Gasteiger charge is 2.19. The van der Waals surface area contributed by atoms with Gasteiger partial charge in [0.15, 0.2) is 0 Å². The van der Waals surface area contributed by atoms with Gasteiger partial charge in [0.2, 0.25) is 0 Å². The fraction of sp³-hybridized carbons (Fsp3) is 0.571. The largest absolute Gasteiger partial charge is 0.366 e. The number of hydrogen-bond acceptors (Lipinski definition) is 3. The number of terminal acetylenes is 1. The van der Waals surface area contributed by atoms with Crippen molar-refractivity contribution in [2.75, 3.05) is 5.32 Å². The lowest BCUT2D eigenvalue weighted by Crippen LogP contribution is -2.21. The zero-order valence-electron chi connectivity index (χ0n) is 11.4. The van der Waals surface area contributed by atoms with Crippen molar-refractivity contribution in [2.45, 2.75) is 52.0 Å². The summed E-state index contributed by atoms with van der Waals surface area (Å²) in [5.41, 5.74) is -0.130. The van der Waals surface area contributed by atoms with E-state index in [9.17, 15) is 0 Å². The van der Waals surface area contributed by atoms with E-state index in [1.165, 1.54) is 0 Å². The molecule has 0 amide bonds. The highest BCUT2D eigenvalue weighted by molar-refractivity contribution is 6.29. The third-order valence-electron chi connectivity index (χ3n) is 2.57. The maximum atomic E-state index is 6.03. The first-order chi connectivity index (χ1) is 8.36. The topological polar surface area (TPSA) is 37.8 Å². The van der Waals surface area contributed by atoms with Crippen LogP contribution >= 0.6 is 11.6 Å². The highest BCUT2D eigenvalue weighted by atomic mass is 35.5. The van der Waals surface area contributed by atoms with Crippen LogP contribution in [-0.4, -0.2) is 16.0 Å². The molecule has 18 heavy (non-hydrogen) atoms. The van der Waals surface area contributed by atoms with Crippen molar-refractivity contribution in [3.8, 4) is 12.3 Å². The third-order valence-corrected chi connectivity index (χ3v) is 2.77. The fourth-order valence-electron chi connectivity index (χ4n) is 1.48. The van der Waals surface area contributed by atoms with E-state index >= 15 is 0 Å². The monoisotopic (exact) mass is 265 g/mol. The number of aromatic nitrogens is 2. The van der Waals surface area contributed by atoms with Crippen LogP contribution in [0.4, 0.5) is 5.82 Å². The minimum atomic E-state index is -0.130. The first kappa shape index (κ1) is 14.8. The molecule has 0 aliphatic carbocycles. The Kier molecular flexibility index (Phi) is 4.98. The van der Waals surface area contributed by atoms with Crippen LogP contribution in [0.1, 0.15) is 46.4 Å². The van der Waals surface area contributed by atoms with E-state index in [1.54, 1.807) is 6.07 Å². The lowest BCUT2D eigenvalue weighted by atomic mass is 9.96. The van der Waals surface area contributed by atoms with Crippen LogP contribution in [0.3, 0.4) is 0 Å². The molecule has 1 heterocycles. The van der Waals surface area contributed by atoms with Gasteiger partial charge in [0.05, 0.1) is 0 Å². The van der Waals surface area contributed by atoms with Crippen molar-refractivity contribution in [1.82, 2.24) is 9.97 Å². The predicted octanol–water partition coefficient (Wildman–Crippen LogP) is 3.64. The predicted molar refractivity (Wildman–Crippen MR) is 76.9 cm³/mol. The normalized spacial score (nSPS) is 12.9. The smallest absolute Gasteiger partial charge is 0.137 e. The molecule has 1 aromatic rings. The molecule has 0 aliphatic heterocycles. The number of hydrogen-bond donors (Lipinski definition) is 1. The minimum Gasteiger partial charge on any atom is -0.366 e. The van der Waals surface area contributed by atoms with E-state index < -0.39 is 0 Å². The standard InChI is InChI=1S/C14H20ClN3/c1-6-8-10(7-2)16-12-9-11(15)17-13(18-12)14(3,4)5/h1,9-10H,7-8H2,2-5H3,(H,16,17,18). The molecule has 0 saturated carbocycles. The summed E-state index contributed by atoms with van der Waals surface area (Å²) in [6.45, 7) is 8.26. The minimum absolute atomic E-state index is 0.130. The number of halogens is 1. The zero-order chi connectivity index (χ0) is 13.8. The van der Waals surface area contributed by atoms with Crippen molar-refractivity contribution >= 4 is 17.4 Å². The second kappa shape index (κ2) is 6.06. The fourth-order valence-corrected chi connectivity index (χ4v) is 1.66. The van der Waals surface area contributed by atoms with Gasteiger partial charge in [0.25, 0.3) is 0 Å². The SMILES string of the molecule is C#CCC(CC)Nc1cc(Cl)nc(C(C)(C)C)n1. The molecule has 1 N–H and O–H groups in total. The van der Waals surface area contributed by atoms with E-state index in [2.05, 4.69) is 48.9 Å². The van der Waals surface area contributed by atoms with Gasteiger partial charge in [-0.2, -0.15) is 0 Å². The summed E-state index contributed by atoms with van der Waals surface area (Å²) in [7, 11) is 0. The lowest BCUT2D eigenvalue weighted by molar-refractivity contribution is 0.545. The van der Waals surface area contributed by atoms with Gasteiger partial charge < -0.3 is 5.32 Å². The molecule has 0 saturated heterocycles. The molecule has 1 unspecified atom stereocenters. The molecular formula is C14H20ClN3. The summed E-state index contributed by atoms with van der Waals surface area (Å²) in [5, 5.41) is 3.76. The molecule has 1 rings (SSSR count). The van der Waals surface area contributed by atoms with Crippen LogP contribution in [-0.2, 0) is 5.41 Å². The van der Waals surface area contributed by atoms with E-state index in [4.69, 9.17) is 18.0 Å². The molecule has 0 fully saturated rings. The molecule has 0 bridgehead atoms. The quantitative estimate of drug-likeness (QED) is 0.667. The van der Waals surface area contributed by atoms with Crippen LogP contribution in [0.5, 0.6) is 0 Å². The average Bonchev–Trinajstić information content (AvgIpc) is 2.26. The highest BCUT2D eigenvalue weighted by Crippen LogP contribution is 2.22. The van der Waals surface area contributed by atoms with E-state index in [1.807, 2.05) is 0 Å². The summed E-state index contributed by atoms with van der Waals surface area (Å²) in [6, 6.07) is 1.95. The summed E-state index contributed by atoms with van der Waals surface area (Å²) < 4.78 is 0. The molecule has 3 nitrogen and oxygen atoms in total. The molecule has 1 atom stereocenters. The van der Waals surface area contributed by atoms with Gasteiger partial charge in [-0.05, 0) is 6.42 Å². The van der Waals surface area contributed by atoms with Gasteiger partial charge in [-0.3, -0.25) is 0 Å². The molecule has 0 aromatic carbocycles. The third kappa shape index (κ3) is 4.19. The van der Waals surface area contributed by atoms with E-state index in [-0.39, 0.29) is 11.5 Å². The van der Waals surface area contributed by atoms with Crippen molar-refractivity contribution in [3.05, 3.63) is 17.0 Å². The first-order valence-electron chi connectivity index (χ1n) is 6.12. The van der Waals surface area contributed by atoms with Gasteiger partial charge in [0.1, 0.15) is 16.8 Å². The van der Waals surface area contributed by atoms with Crippen molar-refractivity contribution in [3.63, 3.8) is 0 Å². The Morgan fingerprint density at radius 2 is 2.11 bits per heavy atom. The van der Waals surface area contributed by atoms with Crippen LogP contribution in [0.15, 0.2) is 6.07 Å². The van der Waals surface area contributed by atoms with E-state index in [0.29, 0.717) is 11.6 Å². The van der Waals surface area contributed by atoms with Crippen LogP contribution in [0.2, 0.25) is 5.15 Å². The Bertz CT molecular complexity index is 443. The zero-order valence-corrected chi connectivity index (χ0v) is 12.2. The van der Waals surface area contributed by atoms with Crippen molar-refractivity contribution in [1.29, 1.82) is 0 Å². The number of rotatable bonds is 4. The summed E-state index contributed by atoms with van der Waals surface area (Å²) in [6.07, 6.45) is 6.95. The molecule has 1 aromatic heterocycles. The Hall–Kier alpha value is -1.27. The Morgan fingerprint density at radius 3 is 2.61 bits per heavy atom. The lowest BCUT2D eigenvalue weighted by Gasteiger charge is -2.20. The van der Waals surface area contributed by atoms with Crippen LogP contribution < -0.4 is 5.32 Å². The Morgan fingerprint density at radius 1 is 1.44 bits per heavy atom. The van der Waals surface area contributed by atoms with Crippen LogP contribution in [0, 0.1) is 12.3 Å². The first-order valence-corrected chi connectivity index (χ1v) is 6.49. The molecular weight excluding hydrogens is 246 g/mol.